The maximum absolute atomic E-state index is 9.00. The van der Waals surface area contributed by atoms with Gasteiger partial charge in [-0.3, -0.25) is 0 Å². The molecule has 0 spiro atoms. The molecule has 5 heteroatoms. The number of piperidine rings is 1. The Bertz CT molecular complexity index is 194. The minimum absolute atomic E-state index is 0.0293. The molecule has 0 aromatic heterocycles. The molecule has 1 aliphatic rings. The number of rotatable bonds is 3. The SMILES string of the molecule is CN1CCC(C(CO)N=[N+]=[N-])CC1. The lowest BCUT2D eigenvalue weighted by Crippen LogP contribution is -2.35. The fraction of sp³-hybridized carbons (Fsp3) is 1.00. The Morgan fingerprint density at radius 1 is 1.62 bits per heavy atom. The van der Waals surface area contributed by atoms with Crippen LogP contribution in [-0.2, 0) is 0 Å². The van der Waals surface area contributed by atoms with Crippen molar-refractivity contribution in [3.63, 3.8) is 0 Å². The Kier molecular flexibility index (Phi) is 4.02. The van der Waals surface area contributed by atoms with Gasteiger partial charge in [0, 0.05) is 4.91 Å². The molecule has 1 fully saturated rings. The van der Waals surface area contributed by atoms with E-state index in [0.717, 1.165) is 25.9 Å². The minimum atomic E-state index is -0.223. The first-order valence-corrected chi connectivity index (χ1v) is 4.61. The van der Waals surface area contributed by atoms with Gasteiger partial charge in [-0.15, -0.1) is 0 Å². The van der Waals surface area contributed by atoms with Crippen LogP contribution in [0.5, 0.6) is 0 Å². The van der Waals surface area contributed by atoms with Gasteiger partial charge in [-0.25, -0.2) is 0 Å². The fourth-order valence-corrected chi connectivity index (χ4v) is 1.76. The molecular weight excluding hydrogens is 168 g/mol. The zero-order chi connectivity index (χ0) is 9.68. The van der Waals surface area contributed by atoms with Crippen molar-refractivity contribution in [2.75, 3.05) is 26.7 Å². The number of hydrogen-bond donors (Lipinski definition) is 1. The van der Waals surface area contributed by atoms with Crippen molar-refractivity contribution in [2.24, 2.45) is 11.0 Å². The normalized spacial score (nSPS) is 22.3. The largest absolute Gasteiger partial charge is 0.396 e. The van der Waals surface area contributed by atoms with Crippen LogP contribution in [0.25, 0.3) is 10.4 Å². The van der Waals surface area contributed by atoms with Gasteiger partial charge in [0.25, 0.3) is 0 Å². The number of aliphatic hydroxyl groups excluding tert-OH is 1. The number of hydrogen-bond acceptors (Lipinski definition) is 3. The molecule has 0 radical (unpaired) electrons. The van der Waals surface area contributed by atoms with E-state index in [9.17, 15) is 0 Å². The minimum Gasteiger partial charge on any atom is -0.396 e. The summed E-state index contributed by atoms with van der Waals surface area (Å²) in [6, 6.07) is -0.223. The van der Waals surface area contributed by atoms with Crippen LogP contribution in [0.15, 0.2) is 5.11 Å². The molecule has 1 heterocycles. The smallest absolute Gasteiger partial charge is 0.0634 e. The van der Waals surface area contributed by atoms with Gasteiger partial charge < -0.3 is 10.0 Å². The summed E-state index contributed by atoms with van der Waals surface area (Å²) in [6.45, 7) is 2.03. The highest BCUT2D eigenvalue weighted by Crippen LogP contribution is 2.21. The first-order valence-electron chi connectivity index (χ1n) is 4.61. The summed E-state index contributed by atoms with van der Waals surface area (Å²) in [6.07, 6.45) is 2.03. The number of nitrogens with zero attached hydrogens (tertiary/aromatic N) is 4. The lowest BCUT2D eigenvalue weighted by atomic mass is 9.90. The maximum Gasteiger partial charge on any atom is 0.0634 e. The second-order valence-electron chi connectivity index (χ2n) is 3.60. The molecule has 13 heavy (non-hydrogen) atoms. The van der Waals surface area contributed by atoms with Crippen molar-refractivity contribution in [1.82, 2.24) is 4.90 Å². The summed E-state index contributed by atoms with van der Waals surface area (Å²) in [5, 5.41) is 12.6. The van der Waals surface area contributed by atoms with Crippen molar-refractivity contribution in [1.29, 1.82) is 0 Å². The second-order valence-corrected chi connectivity index (χ2v) is 3.60. The molecule has 0 aromatic carbocycles. The first kappa shape index (κ1) is 10.3. The third kappa shape index (κ3) is 2.88. The lowest BCUT2D eigenvalue weighted by molar-refractivity contribution is 0.158. The zero-order valence-electron chi connectivity index (χ0n) is 7.93. The van der Waals surface area contributed by atoms with Crippen LogP contribution >= 0.6 is 0 Å². The van der Waals surface area contributed by atoms with E-state index in [4.69, 9.17) is 10.6 Å². The molecule has 1 aliphatic heterocycles. The van der Waals surface area contributed by atoms with Gasteiger partial charge in [0.2, 0.25) is 0 Å². The summed E-state index contributed by atoms with van der Waals surface area (Å²) in [5.41, 5.74) is 8.29. The van der Waals surface area contributed by atoms with Crippen LogP contribution in [-0.4, -0.2) is 42.8 Å². The lowest BCUT2D eigenvalue weighted by Gasteiger charge is -2.31. The molecule has 1 saturated heterocycles. The molecule has 0 aliphatic carbocycles. The second kappa shape index (κ2) is 5.07. The van der Waals surface area contributed by atoms with Gasteiger partial charge in [-0.1, -0.05) is 5.11 Å². The van der Waals surface area contributed by atoms with E-state index in [1.165, 1.54) is 0 Å². The molecule has 0 amide bonds. The van der Waals surface area contributed by atoms with E-state index in [0.29, 0.717) is 5.92 Å². The van der Waals surface area contributed by atoms with Gasteiger partial charge in [0.05, 0.1) is 12.6 Å². The third-order valence-corrected chi connectivity index (χ3v) is 2.69. The molecular formula is C8H16N4O. The summed E-state index contributed by atoms with van der Waals surface area (Å²) in [4.78, 5) is 5.00. The predicted octanol–water partition coefficient (Wildman–Crippen LogP) is 0.999. The van der Waals surface area contributed by atoms with E-state index >= 15 is 0 Å². The van der Waals surface area contributed by atoms with Crippen molar-refractivity contribution in [3.8, 4) is 0 Å². The zero-order valence-corrected chi connectivity index (χ0v) is 7.93. The quantitative estimate of drug-likeness (QED) is 0.403. The van der Waals surface area contributed by atoms with Crippen molar-refractivity contribution < 1.29 is 5.11 Å². The van der Waals surface area contributed by atoms with Crippen molar-refractivity contribution in [2.45, 2.75) is 18.9 Å². The van der Waals surface area contributed by atoms with Gasteiger partial charge in [-0.2, -0.15) is 0 Å². The first-order chi connectivity index (χ1) is 6.27. The van der Waals surface area contributed by atoms with Crippen LogP contribution in [0, 0.1) is 5.92 Å². The molecule has 1 atom stereocenters. The highest BCUT2D eigenvalue weighted by Gasteiger charge is 2.23. The van der Waals surface area contributed by atoms with Crippen LogP contribution in [0.4, 0.5) is 0 Å². The maximum atomic E-state index is 9.00. The Labute approximate surface area is 78.0 Å². The highest BCUT2D eigenvalue weighted by atomic mass is 16.3. The molecule has 1 rings (SSSR count). The summed E-state index contributed by atoms with van der Waals surface area (Å²) in [7, 11) is 2.08. The van der Waals surface area contributed by atoms with Gasteiger partial charge in [-0.05, 0) is 44.4 Å². The average Bonchev–Trinajstić information content (AvgIpc) is 2.16. The van der Waals surface area contributed by atoms with Crippen LogP contribution < -0.4 is 0 Å². The van der Waals surface area contributed by atoms with Crippen molar-refractivity contribution >= 4 is 0 Å². The van der Waals surface area contributed by atoms with Gasteiger partial charge in [0.15, 0.2) is 0 Å². The van der Waals surface area contributed by atoms with Crippen LogP contribution in [0.3, 0.4) is 0 Å². The molecule has 0 aromatic rings. The summed E-state index contributed by atoms with van der Waals surface area (Å²) in [5.74, 6) is 0.358. The molecule has 0 bridgehead atoms. The monoisotopic (exact) mass is 184 g/mol. The Morgan fingerprint density at radius 2 is 2.23 bits per heavy atom. The number of aliphatic hydroxyl groups is 1. The predicted molar refractivity (Wildman–Crippen MR) is 50.2 cm³/mol. The molecule has 74 valence electrons. The average molecular weight is 184 g/mol. The van der Waals surface area contributed by atoms with Crippen molar-refractivity contribution in [3.05, 3.63) is 10.4 Å². The Balaban J connectivity index is 2.45. The summed E-state index contributed by atoms with van der Waals surface area (Å²) >= 11 is 0. The van der Waals surface area contributed by atoms with Gasteiger partial charge >= 0.3 is 0 Å². The van der Waals surface area contributed by atoms with E-state index < -0.39 is 0 Å². The van der Waals surface area contributed by atoms with Crippen LogP contribution in [0.2, 0.25) is 0 Å². The van der Waals surface area contributed by atoms with E-state index in [2.05, 4.69) is 22.0 Å². The molecule has 0 saturated carbocycles. The highest BCUT2D eigenvalue weighted by molar-refractivity contribution is 4.80. The molecule has 5 nitrogen and oxygen atoms in total. The molecule has 1 unspecified atom stereocenters. The number of azide groups is 1. The number of likely N-dealkylation sites (tertiary alicyclic amines) is 1. The summed E-state index contributed by atoms with van der Waals surface area (Å²) < 4.78 is 0. The van der Waals surface area contributed by atoms with E-state index in [1.807, 2.05) is 0 Å². The molecule has 1 N–H and O–H groups in total. The third-order valence-electron chi connectivity index (χ3n) is 2.69. The standard InChI is InChI=1S/C8H16N4O/c1-12-4-2-7(3-5-12)8(6-13)10-11-9/h7-8,13H,2-6H2,1H3. The Morgan fingerprint density at radius 3 is 2.69 bits per heavy atom. The topological polar surface area (TPSA) is 72.2 Å². The Hall–Kier alpha value is -0.770. The van der Waals surface area contributed by atoms with E-state index in [1.54, 1.807) is 0 Å². The fourth-order valence-electron chi connectivity index (χ4n) is 1.76. The van der Waals surface area contributed by atoms with E-state index in [-0.39, 0.29) is 12.6 Å². The van der Waals surface area contributed by atoms with Crippen LogP contribution in [0.1, 0.15) is 12.8 Å². The van der Waals surface area contributed by atoms with Gasteiger partial charge in [0.1, 0.15) is 0 Å².